The molecule has 1 aromatic rings. The van der Waals surface area contributed by atoms with Gasteiger partial charge in [-0.25, -0.2) is 4.98 Å². The van der Waals surface area contributed by atoms with Crippen LogP contribution in [0.4, 0.5) is 0 Å². The summed E-state index contributed by atoms with van der Waals surface area (Å²) in [6.45, 7) is 9.50. The number of aromatic nitrogens is 1. The van der Waals surface area contributed by atoms with Gasteiger partial charge in [0, 0.05) is 22.4 Å². The molecule has 0 fully saturated rings. The van der Waals surface area contributed by atoms with Crippen LogP contribution in [0.15, 0.2) is 11.1 Å². The highest BCUT2D eigenvalue weighted by molar-refractivity contribution is 9.11. The first-order valence-electron chi connectivity index (χ1n) is 4.06. The topological polar surface area (TPSA) is 24.9 Å². The van der Waals surface area contributed by atoms with Crippen molar-refractivity contribution in [2.75, 3.05) is 6.54 Å². The molecule has 0 bridgehead atoms. The van der Waals surface area contributed by atoms with E-state index in [1.807, 2.05) is 6.92 Å². The standard InChI is InChI=1S/C9H13BrN2S/c1-6(10)4-11-5-9-12-7(2)8(3)13-9/h11H,1,4-5H2,2-3H3. The zero-order chi connectivity index (χ0) is 9.84. The lowest BCUT2D eigenvalue weighted by atomic mass is 10.4. The van der Waals surface area contributed by atoms with Crippen LogP contribution >= 0.6 is 27.3 Å². The molecule has 0 saturated heterocycles. The first kappa shape index (κ1) is 10.9. The zero-order valence-electron chi connectivity index (χ0n) is 7.85. The number of rotatable bonds is 4. The van der Waals surface area contributed by atoms with Crippen LogP contribution in [0.25, 0.3) is 0 Å². The highest BCUT2D eigenvalue weighted by Crippen LogP contribution is 2.15. The van der Waals surface area contributed by atoms with Crippen LogP contribution < -0.4 is 5.32 Å². The van der Waals surface area contributed by atoms with Crippen molar-refractivity contribution in [1.29, 1.82) is 0 Å². The third-order valence-corrected chi connectivity index (χ3v) is 3.02. The van der Waals surface area contributed by atoms with Gasteiger partial charge in [-0.05, 0) is 13.8 Å². The third-order valence-electron chi connectivity index (χ3n) is 1.67. The normalized spacial score (nSPS) is 10.4. The average molecular weight is 261 g/mol. The second-order valence-corrected chi connectivity index (χ2v) is 5.28. The van der Waals surface area contributed by atoms with Crippen LogP contribution in [0.2, 0.25) is 0 Å². The molecule has 1 aromatic heterocycles. The Morgan fingerprint density at radius 2 is 2.31 bits per heavy atom. The predicted molar refractivity (Wildman–Crippen MR) is 61.4 cm³/mol. The lowest BCUT2D eigenvalue weighted by Gasteiger charge is -1.98. The first-order chi connectivity index (χ1) is 6.09. The lowest BCUT2D eigenvalue weighted by molar-refractivity contribution is 0.750. The summed E-state index contributed by atoms with van der Waals surface area (Å²) in [6, 6.07) is 0. The summed E-state index contributed by atoms with van der Waals surface area (Å²) >= 11 is 5.04. The molecule has 4 heteroatoms. The molecule has 0 atom stereocenters. The Kier molecular flexibility index (Phi) is 4.09. The summed E-state index contributed by atoms with van der Waals surface area (Å²) in [7, 11) is 0. The number of hydrogen-bond acceptors (Lipinski definition) is 3. The van der Waals surface area contributed by atoms with Crippen LogP contribution in [0, 0.1) is 13.8 Å². The summed E-state index contributed by atoms with van der Waals surface area (Å²) in [5, 5.41) is 4.39. The second-order valence-electron chi connectivity index (χ2n) is 2.87. The molecule has 0 amide bonds. The minimum absolute atomic E-state index is 0.789. The molecule has 13 heavy (non-hydrogen) atoms. The van der Waals surface area contributed by atoms with Crippen LogP contribution in [0.3, 0.4) is 0 Å². The number of nitrogens with one attached hydrogen (secondary N) is 1. The predicted octanol–water partition coefficient (Wildman–Crippen LogP) is 2.76. The monoisotopic (exact) mass is 260 g/mol. The molecule has 72 valence electrons. The van der Waals surface area contributed by atoms with Crippen molar-refractivity contribution in [3.05, 3.63) is 26.6 Å². The molecule has 0 unspecified atom stereocenters. The number of hydrogen-bond donors (Lipinski definition) is 1. The van der Waals surface area contributed by atoms with Crippen molar-refractivity contribution in [2.45, 2.75) is 20.4 Å². The number of thiazole rings is 1. The number of halogens is 1. The largest absolute Gasteiger partial charge is 0.306 e. The Hall–Kier alpha value is -0.190. The van der Waals surface area contributed by atoms with Crippen molar-refractivity contribution in [1.82, 2.24) is 10.3 Å². The van der Waals surface area contributed by atoms with Gasteiger partial charge in [0.1, 0.15) is 5.01 Å². The fourth-order valence-corrected chi connectivity index (χ4v) is 2.02. The van der Waals surface area contributed by atoms with Gasteiger partial charge in [0.2, 0.25) is 0 Å². The van der Waals surface area contributed by atoms with Gasteiger partial charge >= 0.3 is 0 Å². The van der Waals surface area contributed by atoms with Crippen LogP contribution in [-0.4, -0.2) is 11.5 Å². The number of nitrogens with zero attached hydrogens (tertiary/aromatic N) is 1. The van der Waals surface area contributed by atoms with E-state index in [0.29, 0.717) is 0 Å². The van der Waals surface area contributed by atoms with Gasteiger partial charge in [0.05, 0.1) is 5.69 Å². The highest BCUT2D eigenvalue weighted by Gasteiger charge is 2.02. The molecule has 2 nitrogen and oxygen atoms in total. The average Bonchev–Trinajstić information content (AvgIpc) is 2.30. The summed E-state index contributed by atoms with van der Waals surface area (Å²) in [5.41, 5.74) is 1.14. The second kappa shape index (κ2) is 4.88. The molecular weight excluding hydrogens is 248 g/mol. The SMILES string of the molecule is C=C(Br)CNCc1nc(C)c(C)s1. The van der Waals surface area contributed by atoms with Gasteiger partial charge in [0.15, 0.2) is 0 Å². The van der Waals surface area contributed by atoms with E-state index < -0.39 is 0 Å². The van der Waals surface area contributed by atoms with E-state index in [4.69, 9.17) is 0 Å². The fraction of sp³-hybridized carbons (Fsp3) is 0.444. The lowest BCUT2D eigenvalue weighted by Crippen LogP contribution is -2.14. The number of aryl methyl sites for hydroxylation is 2. The highest BCUT2D eigenvalue weighted by atomic mass is 79.9. The Bertz CT molecular complexity index is 287. The molecule has 0 spiro atoms. The maximum Gasteiger partial charge on any atom is 0.107 e. The molecule has 0 aliphatic rings. The van der Waals surface area contributed by atoms with E-state index in [2.05, 4.69) is 39.7 Å². The van der Waals surface area contributed by atoms with Gasteiger partial charge in [-0.2, -0.15) is 0 Å². The van der Waals surface area contributed by atoms with E-state index in [9.17, 15) is 0 Å². The van der Waals surface area contributed by atoms with Gasteiger partial charge in [0.25, 0.3) is 0 Å². The quantitative estimate of drug-likeness (QED) is 0.901. The van der Waals surface area contributed by atoms with Crippen LogP contribution in [0.1, 0.15) is 15.6 Å². The molecule has 1 rings (SSSR count). The molecule has 0 radical (unpaired) electrons. The van der Waals surface area contributed by atoms with Gasteiger partial charge < -0.3 is 5.32 Å². The first-order valence-corrected chi connectivity index (χ1v) is 5.67. The van der Waals surface area contributed by atoms with Crippen molar-refractivity contribution >= 4 is 27.3 Å². The Labute approximate surface area is 91.2 Å². The maximum absolute atomic E-state index is 4.42. The molecular formula is C9H13BrN2S. The molecule has 0 aromatic carbocycles. The maximum atomic E-state index is 4.42. The van der Waals surface area contributed by atoms with Gasteiger partial charge in [-0.3, -0.25) is 0 Å². The van der Waals surface area contributed by atoms with E-state index in [0.717, 1.165) is 28.3 Å². The zero-order valence-corrected chi connectivity index (χ0v) is 10.3. The van der Waals surface area contributed by atoms with Crippen molar-refractivity contribution in [2.24, 2.45) is 0 Å². The summed E-state index contributed by atoms with van der Waals surface area (Å²) in [6.07, 6.45) is 0. The van der Waals surface area contributed by atoms with Gasteiger partial charge in [-0.1, -0.05) is 22.5 Å². The summed E-state index contributed by atoms with van der Waals surface area (Å²) in [5.74, 6) is 0. The fourth-order valence-electron chi connectivity index (χ4n) is 0.920. The van der Waals surface area contributed by atoms with Crippen molar-refractivity contribution in [3.8, 4) is 0 Å². The minimum Gasteiger partial charge on any atom is -0.306 e. The Morgan fingerprint density at radius 3 is 2.77 bits per heavy atom. The van der Waals surface area contributed by atoms with E-state index in [1.54, 1.807) is 11.3 Å². The summed E-state index contributed by atoms with van der Waals surface area (Å²) in [4.78, 5) is 5.72. The van der Waals surface area contributed by atoms with E-state index in [1.165, 1.54) is 4.88 Å². The molecule has 0 aliphatic heterocycles. The molecule has 1 N–H and O–H groups in total. The minimum atomic E-state index is 0.789. The van der Waals surface area contributed by atoms with Crippen molar-refractivity contribution in [3.63, 3.8) is 0 Å². The van der Waals surface area contributed by atoms with Gasteiger partial charge in [-0.15, -0.1) is 11.3 Å². The Balaban J connectivity index is 2.41. The van der Waals surface area contributed by atoms with Crippen molar-refractivity contribution < 1.29 is 0 Å². The Morgan fingerprint density at radius 1 is 1.62 bits per heavy atom. The van der Waals surface area contributed by atoms with Crippen LogP contribution in [-0.2, 0) is 6.54 Å². The van der Waals surface area contributed by atoms with E-state index >= 15 is 0 Å². The molecule has 1 heterocycles. The molecule has 0 saturated carbocycles. The van der Waals surface area contributed by atoms with Crippen LogP contribution in [0.5, 0.6) is 0 Å². The summed E-state index contributed by atoms with van der Waals surface area (Å²) < 4.78 is 0.970. The third kappa shape index (κ3) is 3.58. The van der Waals surface area contributed by atoms with E-state index in [-0.39, 0.29) is 0 Å². The molecule has 0 aliphatic carbocycles. The smallest absolute Gasteiger partial charge is 0.107 e.